The highest BCUT2D eigenvalue weighted by atomic mass is 16.5. The van der Waals surface area contributed by atoms with Crippen LogP contribution in [0.3, 0.4) is 0 Å². The molecule has 1 aromatic carbocycles. The van der Waals surface area contributed by atoms with E-state index in [-0.39, 0.29) is 0 Å². The average molecular weight is 273 g/mol. The molecule has 3 rings (SSSR count). The number of aromatic amines is 1. The van der Waals surface area contributed by atoms with Gasteiger partial charge in [0.15, 0.2) is 0 Å². The summed E-state index contributed by atoms with van der Waals surface area (Å²) in [5.74, 6) is 1.92. The van der Waals surface area contributed by atoms with Gasteiger partial charge in [-0.15, -0.1) is 0 Å². The minimum Gasteiger partial charge on any atom is -0.496 e. The van der Waals surface area contributed by atoms with Crippen molar-refractivity contribution >= 4 is 5.82 Å². The van der Waals surface area contributed by atoms with E-state index in [1.54, 1.807) is 13.3 Å². The van der Waals surface area contributed by atoms with Crippen LogP contribution in [0.5, 0.6) is 5.75 Å². The first kappa shape index (κ1) is 13.0. The Morgan fingerprint density at radius 3 is 2.75 bits per heavy atom. The number of aromatic nitrogens is 2. The van der Waals surface area contributed by atoms with Crippen molar-refractivity contribution in [2.24, 2.45) is 0 Å². The van der Waals surface area contributed by atoms with Crippen LogP contribution in [0, 0.1) is 0 Å². The van der Waals surface area contributed by atoms with Crippen molar-refractivity contribution in [3.8, 4) is 16.9 Å². The topological polar surface area (TPSA) is 73.2 Å². The molecule has 3 N–H and O–H groups in total. The first-order valence-electron chi connectivity index (χ1n) is 6.84. The Hall–Kier alpha value is -2.01. The lowest BCUT2D eigenvalue weighted by molar-refractivity contribution is 0.0853. The number of hydrogen-bond donors (Lipinski definition) is 2. The van der Waals surface area contributed by atoms with Crippen LogP contribution in [0.4, 0.5) is 5.82 Å². The molecule has 5 nitrogen and oxygen atoms in total. The third-order valence-electron chi connectivity index (χ3n) is 3.88. The third-order valence-corrected chi connectivity index (χ3v) is 3.88. The number of methoxy groups -OCH3 is 1. The highest BCUT2D eigenvalue weighted by molar-refractivity contribution is 5.78. The number of hydrogen-bond acceptors (Lipinski definition) is 4. The Labute approximate surface area is 118 Å². The summed E-state index contributed by atoms with van der Waals surface area (Å²) >= 11 is 0. The highest BCUT2D eigenvalue weighted by Gasteiger charge is 2.19. The number of nitrogens with two attached hydrogens (primary N) is 1. The van der Waals surface area contributed by atoms with Crippen molar-refractivity contribution in [3.05, 3.63) is 30.0 Å². The van der Waals surface area contributed by atoms with Gasteiger partial charge < -0.3 is 15.2 Å². The van der Waals surface area contributed by atoms with Crippen molar-refractivity contribution in [1.82, 2.24) is 10.2 Å². The normalized spacial score (nSPS) is 16.2. The maximum atomic E-state index is 5.93. The van der Waals surface area contributed by atoms with E-state index in [2.05, 4.69) is 22.3 Å². The number of benzene rings is 1. The second-order valence-electron chi connectivity index (χ2n) is 5.04. The molecule has 0 spiro atoms. The second-order valence-corrected chi connectivity index (χ2v) is 5.04. The summed E-state index contributed by atoms with van der Waals surface area (Å²) < 4.78 is 10.9. The first-order valence-corrected chi connectivity index (χ1v) is 6.84. The molecule has 5 heteroatoms. The fourth-order valence-electron chi connectivity index (χ4n) is 2.73. The summed E-state index contributed by atoms with van der Waals surface area (Å²) in [4.78, 5) is 0. The van der Waals surface area contributed by atoms with E-state index in [4.69, 9.17) is 15.2 Å². The summed E-state index contributed by atoms with van der Waals surface area (Å²) in [6, 6.07) is 6.30. The Balaban J connectivity index is 2.00. The van der Waals surface area contributed by atoms with Gasteiger partial charge in [-0.1, -0.05) is 6.07 Å². The largest absolute Gasteiger partial charge is 0.496 e. The molecule has 1 aliphatic rings. The summed E-state index contributed by atoms with van der Waals surface area (Å²) in [7, 11) is 1.67. The van der Waals surface area contributed by atoms with Gasteiger partial charge in [0.05, 0.1) is 13.3 Å². The third kappa shape index (κ3) is 2.36. The van der Waals surface area contributed by atoms with Gasteiger partial charge in [0.25, 0.3) is 0 Å². The SMILES string of the molecule is COc1ccc(C2CCOCC2)cc1-c1cn[nH]c1N. The second kappa shape index (κ2) is 5.54. The Kier molecular flexibility index (Phi) is 3.60. The Morgan fingerprint density at radius 1 is 1.30 bits per heavy atom. The fourth-order valence-corrected chi connectivity index (χ4v) is 2.73. The van der Waals surface area contributed by atoms with Gasteiger partial charge in [-0.05, 0) is 36.5 Å². The molecule has 0 aliphatic carbocycles. The number of anilines is 1. The van der Waals surface area contributed by atoms with E-state index in [0.29, 0.717) is 11.7 Å². The number of rotatable bonds is 3. The maximum Gasteiger partial charge on any atom is 0.126 e. The molecule has 20 heavy (non-hydrogen) atoms. The van der Waals surface area contributed by atoms with Gasteiger partial charge >= 0.3 is 0 Å². The van der Waals surface area contributed by atoms with Crippen LogP contribution < -0.4 is 10.5 Å². The lowest BCUT2D eigenvalue weighted by Crippen LogP contribution is -2.14. The number of nitrogens with zero attached hydrogens (tertiary/aromatic N) is 1. The lowest BCUT2D eigenvalue weighted by atomic mass is 9.89. The molecule has 2 aromatic rings. The summed E-state index contributed by atoms with van der Waals surface area (Å²) in [5.41, 5.74) is 9.11. The zero-order valence-electron chi connectivity index (χ0n) is 11.6. The van der Waals surface area contributed by atoms with Crippen molar-refractivity contribution in [2.45, 2.75) is 18.8 Å². The standard InChI is InChI=1S/C15H19N3O2/c1-19-14-3-2-11(10-4-6-20-7-5-10)8-12(14)13-9-17-18-15(13)16/h2-3,8-10H,4-7H2,1H3,(H3,16,17,18). The van der Waals surface area contributed by atoms with Crippen molar-refractivity contribution < 1.29 is 9.47 Å². The average Bonchev–Trinajstić information content (AvgIpc) is 2.93. The smallest absolute Gasteiger partial charge is 0.126 e. The number of nitrogen functional groups attached to an aromatic ring is 1. The molecule has 0 radical (unpaired) electrons. The molecule has 1 fully saturated rings. The zero-order valence-corrected chi connectivity index (χ0v) is 11.6. The van der Waals surface area contributed by atoms with Crippen LogP contribution in [0.25, 0.3) is 11.1 Å². The highest BCUT2D eigenvalue weighted by Crippen LogP contribution is 2.37. The number of nitrogens with one attached hydrogen (secondary N) is 1. The maximum absolute atomic E-state index is 5.93. The number of H-pyrrole nitrogens is 1. The van der Waals surface area contributed by atoms with Gasteiger partial charge in [-0.25, -0.2) is 0 Å². The van der Waals surface area contributed by atoms with E-state index in [0.717, 1.165) is 42.9 Å². The summed E-state index contributed by atoms with van der Waals surface area (Å²) in [5, 5.41) is 6.76. The van der Waals surface area contributed by atoms with Crippen LogP contribution in [0.15, 0.2) is 24.4 Å². The minimum atomic E-state index is 0.543. The zero-order chi connectivity index (χ0) is 13.9. The molecule has 2 heterocycles. The van der Waals surface area contributed by atoms with Gasteiger partial charge in [0.2, 0.25) is 0 Å². The molecule has 106 valence electrons. The van der Waals surface area contributed by atoms with E-state index in [1.165, 1.54) is 5.56 Å². The van der Waals surface area contributed by atoms with Gasteiger partial charge in [-0.3, -0.25) is 5.10 Å². The van der Waals surface area contributed by atoms with Crippen LogP contribution in [0.1, 0.15) is 24.3 Å². The first-order chi connectivity index (χ1) is 9.79. The van der Waals surface area contributed by atoms with E-state index in [1.807, 2.05) is 6.07 Å². The molecule has 0 unspecified atom stereocenters. The predicted molar refractivity (Wildman–Crippen MR) is 77.8 cm³/mol. The summed E-state index contributed by atoms with van der Waals surface area (Å²) in [6.45, 7) is 1.67. The number of ether oxygens (including phenoxy) is 2. The molecule has 0 saturated carbocycles. The molecule has 1 aliphatic heterocycles. The molecule has 1 aromatic heterocycles. The van der Waals surface area contributed by atoms with E-state index in [9.17, 15) is 0 Å². The van der Waals surface area contributed by atoms with Crippen molar-refractivity contribution in [2.75, 3.05) is 26.1 Å². The van der Waals surface area contributed by atoms with E-state index < -0.39 is 0 Å². The van der Waals surface area contributed by atoms with Crippen LogP contribution >= 0.6 is 0 Å². The monoisotopic (exact) mass is 273 g/mol. The van der Waals surface area contributed by atoms with Crippen LogP contribution in [-0.4, -0.2) is 30.5 Å². The van der Waals surface area contributed by atoms with Crippen LogP contribution in [0.2, 0.25) is 0 Å². The molecule has 0 amide bonds. The van der Waals surface area contributed by atoms with Crippen LogP contribution in [-0.2, 0) is 4.74 Å². The van der Waals surface area contributed by atoms with Crippen molar-refractivity contribution in [1.29, 1.82) is 0 Å². The van der Waals surface area contributed by atoms with E-state index >= 15 is 0 Å². The summed E-state index contributed by atoms with van der Waals surface area (Å²) in [6.07, 6.45) is 3.86. The van der Waals surface area contributed by atoms with Gasteiger partial charge in [-0.2, -0.15) is 5.10 Å². The Bertz CT molecular complexity index is 589. The Morgan fingerprint density at radius 2 is 2.10 bits per heavy atom. The van der Waals surface area contributed by atoms with Gasteiger partial charge in [0.1, 0.15) is 11.6 Å². The molecular weight excluding hydrogens is 254 g/mol. The fraction of sp³-hybridized carbons (Fsp3) is 0.400. The molecular formula is C15H19N3O2. The van der Waals surface area contributed by atoms with Crippen molar-refractivity contribution in [3.63, 3.8) is 0 Å². The quantitative estimate of drug-likeness (QED) is 0.901. The molecule has 0 atom stereocenters. The molecule has 1 saturated heterocycles. The molecule has 0 bridgehead atoms. The predicted octanol–water partition coefficient (Wildman–Crippen LogP) is 2.56. The lowest BCUT2D eigenvalue weighted by Gasteiger charge is -2.23. The minimum absolute atomic E-state index is 0.543. The van der Waals surface area contributed by atoms with Gasteiger partial charge in [0, 0.05) is 24.3 Å².